The number of para-hydroxylation sites is 1. The Hall–Kier alpha value is -1.29. The van der Waals surface area contributed by atoms with Crippen LogP contribution in [0.2, 0.25) is 0 Å². The summed E-state index contributed by atoms with van der Waals surface area (Å²) in [6.45, 7) is 0.619. The fourth-order valence-corrected chi connectivity index (χ4v) is 2.49. The number of rotatable bonds is 5. The average molecular weight is 413 g/mol. The van der Waals surface area contributed by atoms with E-state index in [-0.39, 0.29) is 15.1 Å². The number of methoxy groups -OCH3 is 1. The maximum Gasteiger partial charge on any atom is 0.573 e. The number of alkyl halides is 3. The lowest BCUT2D eigenvalue weighted by Crippen LogP contribution is -2.18. The van der Waals surface area contributed by atoms with E-state index in [0.717, 1.165) is 0 Å². The predicted molar refractivity (Wildman–Crippen MR) is 78.8 cm³/mol. The third-order valence-corrected chi connectivity index (χ3v) is 3.42. The van der Waals surface area contributed by atoms with Crippen LogP contribution in [0.4, 0.5) is 13.2 Å². The van der Waals surface area contributed by atoms with E-state index in [4.69, 9.17) is 4.74 Å². The lowest BCUT2D eigenvalue weighted by molar-refractivity contribution is -0.274. The molecule has 114 valence electrons. The lowest BCUT2D eigenvalue weighted by atomic mass is 10.2. The zero-order valence-electron chi connectivity index (χ0n) is 10.9. The van der Waals surface area contributed by atoms with Crippen molar-refractivity contribution < 1.29 is 27.4 Å². The Morgan fingerprint density at radius 1 is 1.38 bits per heavy atom. The van der Waals surface area contributed by atoms with E-state index in [1.807, 2.05) is 0 Å². The van der Waals surface area contributed by atoms with Crippen LogP contribution in [-0.2, 0) is 11.3 Å². The standard InChI is InChI=1S/C13H11F3INO3/c1-20-6-5-18-7-9(12(17)19)8-3-2-4-10(11(8)18)21-13(14,15)16/h2-4,7H,5-6H2,1H3. The van der Waals surface area contributed by atoms with Gasteiger partial charge in [0.2, 0.25) is 3.79 Å². The van der Waals surface area contributed by atoms with Crippen LogP contribution in [0.15, 0.2) is 24.4 Å². The van der Waals surface area contributed by atoms with Gasteiger partial charge in [0.15, 0.2) is 5.75 Å². The van der Waals surface area contributed by atoms with Crippen LogP contribution >= 0.6 is 22.6 Å². The number of ether oxygens (including phenoxy) is 2. The van der Waals surface area contributed by atoms with Crippen LogP contribution in [-0.4, -0.2) is 28.4 Å². The van der Waals surface area contributed by atoms with Crippen molar-refractivity contribution in [2.75, 3.05) is 13.7 Å². The molecule has 0 spiro atoms. The number of halogens is 4. The molecule has 1 aromatic carbocycles. The van der Waals surface area contributed by atoms with Gasteiger partial charge in [-0.2, -0.15) is 0 Å². The Bertz CT molecular complexity index is 666. The largest absolute Gasteiger partial charge is 0.573 e. The van der Waals surface area contributed by atoms with Gasteiger partial charge in [0.25, 0.3) is 0 Å². The first-order valence-electron chi connectivity index (χ1n) is 5.90. The Labute approximate surface area is 132 Å². The van der Waals surface area contributed by atoms with E-state index in [2.05, 4.69) is 4.74 Å². The van der Waals surface area contributed by atoms with Crippen molar-refractivity contribution >= 4 is 37.3 Å². The van der Waals surface area contributed by atoms with Crippen molar-refractivity contribution in [1.29, 1.82) is 0 Å². The number of hydrogen-bond acceptors (Lipinski definition) is 3. The molecule has 0 radical (unpaired) electrons. The van der Waals surface area contributed by atoms with Crippen molar-refractivity contribution in [3.8, 4) is 5.75 Å². The van der Waals surface area contributed by atoms with Crippen LogP contribution in [0.3, 0.4) is 0 Å². The Kier molecular flexibility index (Phi) is 4.77. The first kappa shape index (κ1) is 16.1. The molecule has 0 aliphatic rings. The highest BCUT2D eigenvalue weighted by molar-refractivity contribution is 14.1. The average Bonchev–Trinajstić information content (AvgIpc) is 2.74. The van der Waals surface area contributed by atoms with Crippen LogP contribution in [0.25, 0.3) is 10.9 Å². The predicted octanol–water partition coefficient (Wildman–Crippen LogP) is 3.76. The quantitative estimate of drug-likeness (QED) is 0.554. The molecule has 0 saturated heterocycles. The molecule has 1 aromatic heterocycles. The summed E-state index contributed by atoms with van der Waals surface area (Å²) in [6, 6.07) is 4.24. The zero-order valence-corrected chi connectivity index (χ0v) is 13.1. The van der Waals surface area contributed by atoms with Gasteiger partial charge in [0.05, 0.1) is 17.7 Å². The molecule has 8 heteroatoms. The van der Waals surface area contributed by atoms with Gasteiger partial charge in [-0.1, -0.05) is 12.1 Å². The molecule has 0 fully saturated rings. The molecule has 0 unspecified atom stereocenters. The van der Waals surface area contributed by atoms with E-state index < -0.39 is 6.36 Å². The molecule has 0 N–H and O–H groups in total. The molecule has 0 aliphatic heterocycles. The SMILES string of the molecule is COCCn1cc(C(=O)I)c2cccc(OC(F)(F)F)c21. The maximum atomic E-state index is 12.5. The molecule has 2 aromatic rings. The summed E-state index contributed by atoms with van der Waals surface area (Å²) in [7, 11) is 1.49. The van der Waals surface area contributed by atoms with E-state index in [0.29, 0.717) is 24.1 Å². The summed E-state index contributed by atoms with van der Waals surface area (Å²) in [5, 5.41) is 0.423. The van der Waals surface area contributed by atoms with Crippen LogP contribution in [0, 0.1) is 0 Å². The summed E-state index contributed by atoms with van der Waals surface area (Å²) in [5.41, 5.74) is 0.571. The zero-order chi connectivity index (χ0) is 15.6. The fourth-order valence-electron chi connectivity index (χ4n) is 2.06. The molecule has 0 bridgehead atoms. The highest BCUT2D eigenvalue weighted by Gasteiger charge is 2.32. The second kappa shape index (κ2) is 6.22. The number of benzene rings is 1. The molecule has 0 saturated carbocycles. The van der Waals surface area contributed by atoms with Gasteiger partial charge >= 0.3 is 6.36 Å². The molecule has 2 rings (SSSR count). The van der Waals surface area contributed by atoms with Gasteiger partial charge < -0.3 is 14.0 Å². The van der Waals surface area contributed by atoms with Crippen molar-refractivity contribution in [3.05, 3.63) is 30.0 Å². The summed E-state index contributed by atoms with van der Waals surface area (Å²) in [6.07, 6.45) is -3.28. The minimum absolute atomic E-state index is 0.229. The topological polar surface area (TPSA) is 40.5 Å². The Morgan fingerprint density at radius 3 is 2.67 bits per heavy atom. The van der Waals surface area contributed by atoms with Gasteiger partial charge in [-0.25, -0.2) is 0 Å². The third kappa shape index (κ3) is 3.67. The van der Waals surface area contributed by atoms with Gasteiger partial charge in [-0.15, -0.1) is 13.2 Å². The van der Waals surface area contributed by atoms with E-state index in [1.165, 1.54) is 30.0 Å². The maximum absolute atomic E-state index is 12.5. The summed E-state index contributed by atoms with van der Waals surface area (Å²) >= 11 is 1.60. The van der Waals surface area contributed by atoms with Crippen LogP contribution in [0.1, 0.15) is 10.4 Å². The van der Waals surface area contributed by atoms with Crippen LogP contribution < -0.4 is 4.74 Å². The number of carbonyl (C=O) groups is 1. The Balaban J connectivity index is 2.61. The monoisotopic (exact) mass is 413 g/mol. The van der Waals surface area contributed by atoms with E-state index >= 15 is 0 Å². The van der Waals surface area contributed by atoms with Gasteiger partial charge in [0.1, 0.15) is 0 Å². The lowest BCUT2D eigenvalue weighted by Gasteiger charge is -2.12. The summed E-state index contributed by atoms with van der Waals surface area (Å²) in [5.74, 6) is -0.333. The second-order valence-electron chi connectivity index (χ2n) is 4.20. The number of carbonyl (C=O) groups excluding carboxylic acids is 1. The molecule has 0 aliphatic carbocycles. The van der Waals surface area contributed by atoms with Gasteiger partial charge in [-0.3, -0.25) is 4.79 Å². The smallest absolute Gasteiger partial charge is 0.404 e. The fraction of sp³-hybridized carbons (Fsp3) is 0.308. The number of nitrogens with zero attached hydrogens (tertiary/aromatic N) is 1. The number of aromatic nitrogens is 1. The molecule has 4 nitrogen and oxygen atoms in total. The first-order valence-corrected chi connectivity index (χ1v) is 6.97. The van der Waals surface area contributed by atoms with Gasteiger partial charge in [0, 0.05) is 47.8 Å². The van der Waals surface area contributed by atoms with Crippen molar-refractivity contribution in [2.45, 2.75) is 12.9 Å². The second-order valence-corrected chi connectivity index (χ2v) is 5.18. The number of hydrogen-bond donors (Lipinski definition) is 0. The molecular formula is C13H11F3INO3. The van der Waals surface area contributed by atoms with E-state index in [9.17, 15) is 18.0 Å². The van der Waals surface area contributed by atoms with Crippen molar-refractivity contribution in [2.24, 2.45) is 0 Å². The normalized spacial score (nSPS) is 11.9. The van der Waals surface area contributed by atoms with E-state index in [1.54, 1.807) is 28.7 Å². The highest BCUT2D eigenvalue weighted by atomic mass is 127. The Morgan fingerprint density at radius 2 is 2.10 bits per heavy atom. The summed E-state index contributed by atoms with van der Waals surface area (Å²) in [4.78, 5) is 11.6. The van der Waals surface area contributed by atoms with Crippen molar-refractivity contribution in [1.82, 2.24) is 4.57 Å². The first-order chi connectivity index (χ1) is 9.83. The minimum Gasteiger partial charge on any atom is -0.404 e. The molecule has 1 heterocycles. The summed E-state index contributed by atoms with van der Waals surface area (Å²) < 4.78 is 47.8. The molecule has 0 amide bonds. The minimum atomic E-state index is -4.79. The van der Waals surface area contributed by atoms with Crippen LogP contribution in [0.5, 0.6) is 5.75 Å². The number of fused-ring (bicyclic) bond motifs is 1. The van der Waals surface area contributed by atoms with Crippen molar-refractivity contribution in [3.63, 3.8) is 0 Å². The highest BCUT2D eigenvalue weighted by Crippen LogP contribution is 2.34. The van der Waals surface area contributed by atoms with Gasteiger partial charge in [-0.05, 0) is 6.07 Å². The molecule has 0 atom stereocenters. The third-order valence-electron chi connectivity index (χ3n) is 2.84. The molecule has 21 heavy (non-hydrogen) atoms. The molecular weight excluding hydrogens is 402 g/mol.